The van der Waals surface area contributed by atoms with Crippen LogP contribution >= 0.6 is 0 Å². The molecule has 0 radical (unpaired) electrons. The second kappa shape index (κ2) is 8.96. The van der Waals surface area contributed by atoms with Gasteiger partial charge in [0.1, 0.15) is 0 Å². The molecule has 0 fully saturated rings. The third-order valence-corrected chi connectivity index (χ3v) is 4.03. The molecule has 0 nitrogen and oxygen atoms in total. The van der Waals surface area contributed by atoms with Crippen molar-refractivity contribution in [2.24, 2.45) is 5.92 Å². The number of hydrogen-bond acceptors (Lipinski definition) is 0. The van der Waals surface area contributed by atoms with Crippen molar-refractivity contribution < 1.29 is 0 Å². The lowest BCUT2D eigenvalue weighted by atomic mass is 9.91. The number of hydrogen-bond donors (Lipinski definition) is 0. The molecule has 0 aromatic carbocycles. The molecule has 1 aliphatic rings. The maximum atomic E-state index is 4.15. The molecule has 1 rings (SSSR count). The van der Waals surface area contributed by atoms with Crippen LogP contribution in [0.25, 0.3) is 0 Å². The van der Waals surface area contributed by atoms with Crippen LogP contribution in [0.2, 0.25) is 0 Å². The van der Waals surface area contributed by atoms with Crippen LogP contribution in [-0.2, 0) is 0 Å². The molecule has 0 heterocycles. The van der Waals surface area contributed by atoms with E-state index in [1.165, 1.54) is 55.2 Å². The highest BCUT2D eigenvalue weighted by atomic mass is 14.1. The van der Waals surface area contributed by atoms with Crippen LogP contribution in [0.5, 0.6) is 0 Å². The molecule has 0 aliphatic heterocycles. The van der Waals surface area contributed by atoms with E-state index >= 15 is 0 Å². The van der Waals surface area contributed by atoms with Crippen LogP contribution in [-0.4, -0.2) is 0 Å². The Balaban J connectivity index is 2.68. The van der Waals surface area contributed by atoms with Gasteiger partial charge in [-0.25, -0.2) is 0 Å². The molecule has 0 spiro atoms. The van der Waals surface area contributed by atoms with Crippen LogP contribution in [0.1, 0.15) is 65.7 Å². The monoisotopic (exact) mass is 258 g/mol. The lowest BCUT2D eigenvalue weighted by Gasteiger charge is -2.15. The Bertz CT molecular complexity index is 365. The molecule has 1 atom stereocenters. The van der Waals surface area contributed by atoms with E-state index in [0.29, 0.717) is 5.92 Å². The summed E-state index contributed by atoms with van der Waals surface area (Å²) < 4.78 is 0. The minimum absolute atomic E-state index is 0.653. The number of allylic oxidation sites excluding steroid dienone is 7. The molecule has 0 aromatic heterocycles. The van der Waals surface area contributed by atoms with Gasteiger partial charge in [-0.15, -0.1) is 0 Å². The zero-order valence-electron chi connectivity index (χ0n) is 13.0. The molecular weight excluding hydrogens is 228 g/mol. The van der Waals surface area contributed by atoms with Crippen LogP contribution in [0.15, 0.2) is 47.6 Å². The highest BCUT2D eigenvalue weighted by molar-refractivity contribution is 5.08. The first kappa shape index (κ1) is 16.0. The first-order chi connectivity index (χ1) is 9.09. The maximum absolute atomic E-state index is 4.15. The minimum atomic E-state index is 0.653. The van der Waals surface area contributed by atoms with Gasteiger partial charge in [0.05, 0.1) is 0 Å². The average molecular weight is 258 g/mol. The third-order valence-electron chi connectivity index (χ3n) is 4.03. The van der Waals surface area contributed by atoms with Gasteiger partial charge in [-0.3, -0.25) is 0 Å². The summed E-state index contributed by atoms with van der Waals surface area (Å²) in [5.41, 5.74) is 4.40. The quantitative estimate of drug-likeness (QED) is 0.479. The Morgan fingerprint density at radius 2 is 1.63 bits per heavy atom. The molecular formula is C19H30. The third kappa shape index (κ3) is 7.20. The molecule has 0 saturated carbocycles. The van der Waals surface area contributed by atoms with Crippen LogP contribution < -0.4 is 0 Å². The fourth-order valence-electron chi connectivity index (χ4n) is 2.50. The van der Waals surface area contributed by atoms with E-state index in [0.717, 1.165) is 6.42 Å². The lowest BCUT2D eigenvalue weighted by Crippen LogP contribution is -2.00. The van der Waals surface area contributed by atoms with E-state index in [9.17, 15) is 0 Å². The SMILES string of the molecule is C=C(C)[C@@H]1C/C=C(\C)CC/C=C(\C)CC/C=C\CC1. The molecule has 0 bridgehead atoms. The molecule has 0 amide bonds. The highest BCUT2D eigenvalue weighted by Gasteiger charge is 2.07. The highest BCUT2D eigenvalue weighted by Crippen LogP contribution is 2.22. The Hall–Kier alpha value is -1.04. The van der Waals surface area contributed by atoms with Gasteiger partial charge in [-0.1, -0.05) is 47.6 Å². The van der Waals surface area contributed by atoms with Gasteiger partial charge in [0.2, 0.25) is 0 Å². The van der Waals surface area contributed by atoms with Crippen LogP contribution in [0, 0.1) is 5.92 Å². The van der Waals surface area contributed by atoms with E-state index in [-0.39, 0.29) is 0 Å². The molecule has 0 heteroatoms. The van der Waals surface area contributed by atoms with Gasteiger partial charge in [-0.2, -0.15) is 0 Å². The largest absolute Gasteiger partial charge is 0.0998 e. The standard InChI is InChI=1S/C19H30/c1-16(2)19-13-8-6-5-7-10-17(3)11-9-12-18(4)14-15-19/h5-6,11,14,19H,1,7-10,12-13,15H2,2-4H3/b6-5-,17-11+,18-14+/t19-/m0/s1. The minimum Gasteiger partial charge on any atom is -0.0998 e. The lowest BCUT2D eigenvalue weighted by molar-refractivity contribution is 0.572. The number of rotatable bonds is 1. The normalized spacial score (nSPS) is 30.4. The topological polar surface area (TPSA) is 0 Å². The molecule has 1 aliphatic carbocycles. The fourth-order valence-corrected chi connectivity index (χ4v) is 2.50. The van der Waals surface area contributed by atoms with Gasteiger partial charge in [0.25, 0.3) is 0 Å². The summed E-state index contributed by atoms with van der Waals surface area (Å²) >= 11 is 0. The Morgan fingerprint density at radius 1 is 1.00 bits per heavy atom. The Labute approximate surface area is 120 Å². The van der Waals surface area contributed by atoms with Gasteiger partial charge in [0.15, 0.2) is 0 Å². The zero-order chi connectivity index (χ0) is 14.1. The van der Waals surface area contributed by atoms with E-state index in [2.05, 4.69) is 51.7 Å². The molecule has 0 aromatic rings. The van der Waals surface area contributed by atoms with Crippen molar-refractivity contribution >= 4 is 0 Å². The second-order valence-electron chi connectivity index (χ2n) is 6.01. The van der Waals surface area contributed by atoms with Gasteiger partial charge < -0.3 is 0 Å². The van der Waals surface area contributed by atoms with E-state index < -0.39 is 0 Å². The summed E-state index contributed by atoms with van der Waals surface area (Å²) in [5.74, 6) is 0.653. The van der Waals surface area contributed by atoms with Gasteiger partial charge in [-0.05, 0) is 71.6 Å². The molecule has 0 N–H and O–H groups in total. The van der Waals surface area contributed by atoms with Crippen molar-refractivity contribution in [3.63, 3.8) is 0 Å². The summed E-state index contributed by atoms with van der Waals surface area (Å²) in [4.78, 5) is 0. The summed E-state index contributed by atoms with van der Waals surface area (Å²) in [7, 11) is 0. The average Bonchev–Trinajstić information content (AvgIpc) is 2.35. The second-order valence-corrected chi connectivity index (χ2v) is 6.01. The summed E-state index contributed by atoms with van der Waals surface area (Å²) in [5, 5.41) is 0. The zero-order valence-corrected chi connectivity index (χ0v) is 13.0. The predicted molar refractivity (Wildman–Crippen MR) is 87.3 cm³/mol. The summed E-state index contributed by atoms with van der Waals surface area (Å²) in [6.45, 7) is 10.9. The Kier molecular flexibility index (Phi) is 7.55. The first-order valence-electron chi connectivity index (χ1n) is 7.71. The predicted octanol–water partition coefficient (Wildman–Crippen LogP) is 6.37. The molecule has 0 unspecified atom stereocenters. The Morgan fingerprint density at radius 3 is 2.37 bits per heavy atom. The van der Waals surface area contributed by atoms with Gasteiger partial charge in [0, 0.05) is 0 Å². The summed E-state index contributed by atoms with van der Waals surface area (Å²) in [6.07, 6.45) is 17.9. The molecule has 19 heavy (non-hydrogen) atoms. The fraction of sp³-hybridized carbons (Fsp3) is 0.579. The van der Waals surface area contributed by atoms with Crippen LogP contribution in [0.3, 0.4) is 0 Å². The van der Waals surface area contributed by atoms with E-state index in [4.69, 9.17) is 0 Å². The smallest absolute Gasteiger partial charge is 0.0171 e. The van der Waals surface area contributed by atoms with Crippen molar-refractivity contribution in [3.05, 3.63) is 47.6 Å². The van der Waals surface area contributed by atoms with E-state index in [1.807, 2.05) is 0 Å². The molecule has 106 valence electrons. The van der Waals surface area contributed by atoms with Crippen molar-refractivity contribution in [1.82, 2.24) is 0 Å². The van der Waals surface area contributed by atoms with Crippen molar-refractivity contribution in [3.8, 4) is 0 Å². The molecule has 0 saturated heterocycles. The first-order valence-corrected chi connectivity index (χ1v) is 7.71. The van der Waals surface area contributed by atoms with Gasteiger partial charge >= 0.3 is 0 Å². The van der Waals surface area contributed by atoms with Crippen LogP contribution in [0.4, 0.5) is 0 Å². The van der Waals surface area contributed by atoms with Crippen molar-refractivity contribution in [1.29, 1.82) is 0 Å². The van der Waals surface area contributed by atoms with Crippen molar-refractivity contribution in [2.45, 2.75) is 65.7 Å². The van der Waals surface area contributed by atoms with Crippen molar-refractivity contribution in [2.75, 3.05) is 0 Å². The maximum Gasteiger partial charge on any atom is -0.0171 e. The van der Waals surface area contributed by atoms with E-state index in [1.54, 1.807) is 0 Å². The summed E-state index contributed by atoms with van der Waals surface area (Å²) in [6, 6.07) is 0.